The fourth-order valence-corrected chi connectivity index (χ4v) is 0.374. The molecular formula is C9H23NO3. The fourth-order valence-electron chi connectivity index (χ4n) is 0.374. The van der Waals surface area contributed by atoms with Gasteiger partial charge in [-0.05, 0) is 34.0 Å². The molecule has 0 spiro atoms. The summed E-state index contributed by atoms with van der Waals surface area (Å²) in [6.07, 6.45) is -0.617. The predicted octanol–water partition coefficient (Wildman–Crippen LogP) is 0.638. The van der Waals surface area contributed by atoms with Crippen LogP contribution in [0.1, 0.15) is 26.7 Å². The highest BCUT2D eigenvalue weighted by Gasteiger charge is 2.05. The lowest BCUT2D eigenvalue weighted by molar-refractivity contribution is -0.208. The molecule has 2 N–H and O–H groups in total. The van der Waals surface area contributed by atoms with Gasteiger partial charge in [0, 0.05) is 0 Å². The van der Waals surface area contributed by atoms with Crippen LogP contribution in [0.5, 0.6) is 0 Å². The minimum Gasteiger partial charge on any atom is -0.368 e. The van der Waals surface area contributed by atoms with Crippen molar-refractivity contribution >= 4 is 0 Å². The van der Waals surface area contributed by atoms with E-state index in [1.165, 1.54) is 0 Å². The molecule has 0 bridgehead atoms. The number of hydrogen-bond acceptors (Lipinski definition) is 4. The van der Waals surface area contributed by atoms with Gasteiger partial charge in [0.15, 0.2) is 12.6 Å². The zero-order valence-electron chi connectivity index (χ0n) is 9.32. The van der Waals surface area contributed by atoms with Gasteiger partial charge >= 0.3 is 0 Å². The zero-order chi connectivity index (χ0) is 10.9. The predicted molar refractivity (Wildman–Crippen MR) is 53.3 cm³/mol. The second-order valence-corrected chi connectivity index (χ2v) is 3.20. The van der Waals surface area contributed by atoms with E-state index in [0.717, 1.165) is 0 Å². The summed E-state index contributed by atoms with van der Waals surface area (Å²) in [6.45, 7) is 3.57. The van der Waals surface area contributed by atoms with Gasteiger partial charge in [-0.25, -0.2) is 0 Å². The maximum atomic E-state index is 8.78. The monoisotopic (exact) mass is 193 g/mol. The van der Waals surface area contributed by atoms with E-state index in [4.69, 9.17) is 10.2 Å². The Balaban J connectivity index is 0. The lowest BCUT2D eigenvalue weighted by Gasteiger charge is -2.13. The van der Waals surface area contributed by atoms with Crippen LogP contribution in [0.3, 0.4) is 0 Å². The lowest BCUT2D eigenvalue weighted by atomic mass is 10.4. The summed E-state index contributed by atoms with van der Waals surface area (Å²) in [4.78, 5) is 2.00. The normalized spacial score (nSPS) is 14.8. The molecule has 0 rings (SSSR count). The second kappa shape index (κ2) is 9.92. The van der Waals surface area contributed by atoms with Crippen LogP contribution in [0.2, 0.25) is 0 Å². The first-order chi connectivity index (χ1) is 5.93. The van der Waals surface area contributed by atoms with E-state index >= 15 is 0 Å². The molecule has 4 heteroatoms. The zero-order valence-corrected chi connectivity index (χ0v) is 9.32. The van der Waals surface area contributed by atoms with E-state index < -0.39 is 12.6 Å². The van der Waals surface area contributed by atoms with Crippen molar-refractivity contribution in [1.82, 2.24) is 4.90 Å². The first-order valence-electron chi connectivity index (χ1n) is 4.56. The summed E-state index contributed by atoms with van der Waals surface area (Å²) in [6, 6.07) is 0. The Hall–Kier alpha value is -0.160. The van der Waals surface area contributed by atoms with Crippen molar-refractivity contribution in [3.63, 3.8) is 0 Å². The van der Waals surface area contributed by atoms with Gasteiger partial charge in [0.2, 0.25) is 0 Å². The molecule has 0 aromatic rings. The Kier molecular flexibility index (Phi) is 11.7. The number of rotatable bonds is 4. The molecule has 0 amide bonds. The van der Waals surface area contributed by atoms with E-state index in [0.29, 0.717) is 12.8 Å². The van der Waals surface area contributed by atoms with Crippen LogP contribution >= 0.6 is 0 Å². The number of hydrogen-bond donors (Lipinski definition) is 2. The third-order valence-electron chi connectivity index (χ3n) is 1.01. The van der Waals surface area contributed by atoms with E-state index in [-0.39, 0.29) is 0 Å². The summed E-state index contributed by atoms with van der Waals surface area (Å²) in [5.41, 5.74) is 0. The minimum absolute atomic E-state index is 0.511. The molecule has 2 atom stereocenters. The molecule has 0 aliphatic carbocycles. The van der Waals surface area contributed by atoms with Crippen molar-refractivity contribution in [3.8, 4) is 0 Å². The third kappa shape index (κ3) is 18.7. The summed E-state index contributed by atoms with van der Waals surface area (Å²) in [7, 11) is 6.00. The number of aliphatic hydroxyl groups is 2. The van der Waals surface area contributed by atoms with Crippen molar-refractivity contribution < 1.29 is 14.9 Å². The first-order valence-corrected chi connectivity index (χ1v) is 4.56. The standard InChI is InChI=1S/C6H14O3.C3H9N/c1-3-5(7)9-6(8)4-2;1-4(2)3/h5-8H,3-4H2,1-2H3;1-3H3. The molecule has 0 aliphatic rings. The molecule has 0 heterocycles. The van der Waals surface area contributed by atoms with Crippen LogP contribution in [0.25, 0.3) is 0 Å². The van der Waals surface area contributed by atoms with Crippen LogP contribution in [0.15, 0.2) is 0 Å². The number of nitrogens with zero attached hydrogens (tertiary/aromatic N) is 1. The van der Waals surface area contributed by atoms with E-state index in [1.54, 1.807) is 13.8 Å². The molecule has 0 saturated carbocycles. The van der Waals surface area contributed by atoms with Crippen molar-refractivity contribution in [2.24, 2.45) is 0 Å². The van der Waals surface area contributed by atoms with Gasteiger partial charge in [0.1, 0.15) is 0 Å². The average Bonchev–Trinajstić information content (AvgIpc) is 2.03. The highest BCUT2D eigenvalue weighted by Crippen LogP contribution is 1.99. The maximum absolute atomic E-state index is 8.78. The molecule has 0 radical (unpaired) electrons. The summed E-state index contributed by atoms with van der Waals surface area (Å²) in [5.74, 6) is 0. The lowest BCUT2D eigenvalue weighted by Crippen LogP contribution is -2.19. The second-order valence-electron chi connectivity index (χ2n) is 3.20. The minimum atomic E-state index is -0.819. The van der Waals surface area contributed by atoms with Crippen molar-refractivity contribution in [2.75, 3.05) is 21.1 Å². The highest BCUT2D eigenvalue weighted by atomic mass is 16.7. The van der Waals surface area contributed by atoms with Crippen LogP contribution in [0.4, 0.5) is 0 Å². The average molecular weight is 193 g/mol. The molecule has 2 unspecified atom stereocenters. The number of ether oxygens (including phenoxy) is 1. The third-order valence-corrected chi connectivity index (χ3v) is 1.01. The van der Waals surface area contributed by atoms with Crippen molar-refractivity contribution in [1.29, 1.82) is 0 Å². The fraction of sp³-hybridized carbons (Fsp3) is 1.00. The van der Waals surface area contributed by atoms with E-state index in [9.17, 15) is 0 Å². The maximum Gasteiger partial charge on any atom is 0.157 e. The Morgan fingerprint density at radius 2 is 1.23 bits per heavy atom. The van der Waals surface area contributed by atoms with Gasteiger partial charge in [-0.3, -0.25) is 0 Å². The molecular weight excluding hydrogens is 170 g/mol. The molecule has 0 aromatic carbocycles. The van der Waals surface area contributed by atoms with Crippen LogP contribution < -0.4 is 0 Å². The van der Waals surface area contributed by atoms with E-state index in [2.05, 4.69) is 4.74 Å². The Morgan fingerprint density at radius 1 is 1.00 bits per heavy atom. The quantitative estimate of drug-likeness (QED) is 0.643. The summed E-state index contributed by atoms with van der Waals surface area (Å²) in [5, 5.41) is 17.6. The van der Waals surface area contributed by atoms with Crippen molar-refractivity contribution in [2.45, 2.75) is 39.3 Å². The Labute approximate surface area is 81.1 Å². The van der Waals surface area contributed by atoms with Gasteiger partial charge in [-0.2, -0.15) is 0 Å². The van der Waals surface area contributed by atoms with Crippen LogP contribution in [-0.2, 0) is 4.74 Å². The van der Waals surface area contributed by atoms with Crippen LogP contribution in [0, 0.1) is 0 Å². The molecule has 0 aliphatic heterocycles. The summed E-state index contributed by atoms with van der Waals surface area (Å²) < 4.78 is 4.66. The van der Waals surface area contributed by atoms with Gasteiger partial charge in [0.05, 0.1) is 0 Å². The topological polar surface area (TPSA) is 52.9 Å². The molecule has 0 fully saturated rings. The largest absolute Gasteiger partial charge is 0.368 e. The van der Waals surface area contributed by atoms with Crippen LogP contribution in [-0.4, -0.2) is 48.8 Å². The SMILES string of the molecule is CCC(O)OC(O)CC.CN(C)C. The Morgan fingerprint density at radius 3 is 1.38 bits per heavy atom. The Bertz CT molecular complexity index is 88.1. The van der Waals surface area contributed by atoms with Gasteiger partial charge in [-0.15, -0.1) is 0 Å². The smallest absolute Gasteiger partial charge is 0.157 e. The molecule has 13 heavy (non-hydrogen) atoms. The molecule has 4 nitrogen and oxygen atoms in total. The van der Waals surface area contributed by atoms with Gasteiger partial charge < -0.3 is 19.8 Å². The van der Waals surface area contributed by atoms with E-state index in [1.807, 2.05) is 26.0 Å². The summed E-state index contributed by atoms with van der Waals surface area (Å²) >= 11 is 0. The van der Waals surface area contributed by atoms with Gasteiger partial charge in [-0.1, -0.05) is 13.8 Å². The van der Waals surface area contributed by atoms with Gasteiger partial charge in [0.25, 0.3) is 0 Å². The first kappa shape index (κ1) is 15.3. The van der Waals surface area contributed by atoms with Crippen molar-refractivity contribution in [3.05, 3.63) is 0 Å². The molecule has 82 valence electrons. The molecule has 0 aromatic heterocycles. The highest BCUT2D eigenvalue weighted by molar-refractivity contribution is 4.38. The number of aliphatic hydroxyl groups excluding tert-OH is 2. The molecule has 0 saturated heterocycles.